The number of carboxylic acid groups (broad SMARTS) is 1. The van der Waals surface area contributed by atoms with E-state index in [1.807, 2.05) is 13.2 Å². The molecule has 1 aromatic rings. The number of carbonyl (C=O) groups is 2. The van der Waals surface area contributed by atoms with Gasteiger partial charge in [0.2, 0.25) is 5.75 Å². The monoisotopic (exact) mass is 292 g/mol. The Labute approximate surface area is 120 Å². The number of hydrogen-bond donors (Lipinski definition) is 4. The van der Waals surface area contributed by atoms with Crippen molar-refractivity contribution in [2.24, 2.45) is 0 Å². The average Bonchev–Trinajstić information content (AvgIpc) is 2.42. The fraction of sp³-hybridized carbons (Fsp3) is 0.143. The number of quaternary nitrogens is 1. The third kappa shape index (κ3) is 3.21. The molecule has 0 aromatic heterocycles. The minimum absolute atomic E-state index is 0.311. The number of nitrogens with one attached hydrogen (secondary N) is 1. The van der Waals surface area contributed by atoms with Crippen molar-refractivity contribution in [1.82, 2.24) is 0 Å². The van der Waals surface area contributed by atoms with Gasteiger partial charge in [-0.2, -0.15) is 0 Å². The number of ether oxygens (including phenoxy) is 1. The van der Waals surface area contributed by atoms with Crippen molar-refractivity contribution in [3.05, 3.63) is 41.6 Å². The molecule has 7 heteroatoms. The van der Waals surface area contributed by atoms with Crippen LogP contribution in [0.3, 0.4) is 0 Å². The maximum atomic E-state index is 12.0. The van der Waals surface area contributed by atoms with Crippen molar-refractivity contribution >= 4 is 11.9 Å². The van der Waals surface area contributed by atoms with E-state index in [1.54, 1.807) is 12.2 Å². The lowest BCUT2D eigenvalue weighted by Gasteiger charge is -2.15. The van der Waals surface area contributed by atoms with Gasteiger partial charge in [0.25, 0.3) is 0 Å². The van der Waals surface area contributed by atoms with E-state index in [1.165, 1.54) is 0 Å². The Bertz CT molecular complexity index is 638. The smallest absolute Gasteiger partial charge is 0.345 e. The normalized spacial score (nSPS) is 17.2. The Morgan fingerprint density at radius 3 is 2.38 bits per heavy atom. The van der Waals surface area contributed by atoms with Gasteiger partial charge < -0.3 is 25.0 Å². The molecule has 110 valence electrons. The number of rotatable bonds is 3. The number of phenols is 2. The molecule has 7 nitrogen and oxygen atoms in total. The molecule has 0 fully saturated rings. The lowest BCUT2D eigenvalue weighted by atomic mass is 10.1. The summed E-state index contributed by atoms with van der Waals surface area (Å²) < 4.78 is 4.95. The SMILES string of the molecule is C[NH+]1C=CC=C(C(=O)Oc2c(O)cc(C(=O)O)cc2O)C1. The van der Waals surface area contributed by atoms with Crippen molar-refractivity contribution in [1.29, 1.82) is 0 Å². The van der Waals surface area contributed by atoms with Crippen molar-refractivity contribution in [3.8, 4) is 17.2 Å². The average molecular weight is 292 g/mol. The van der Waals surface area contributed by atoms with Crippen LogP contribution in [0.15, 0.2) is 36.1 Å². The number of aromatic hydroxyl groups is 2. The number of allylic oxidation sites excluding steroid dienone is 2. The van der Waals surface area contributed by atoms with Crippen molar-refractivity contribution < 1.29 is 34.5 Å². The second-order valence-corrected chi connectivity index (χ2v) is 4.61. The third-order valence-corrected chi connectivity index (χ3v) is 2.90. The van der Waals surface area contributed by atoms with Gasteiger partial charge >= 0.3 is 11.9 Å². The van der Waals surface area contributed by atoms with Crippen molar-refractivity contribution in [3.63, 3.8) is 0 Å². The van der Waals surface area contributed by atoms with E-state index in [-0.39, 0.29) is 5.56 Å². The summed E-state index contributed by atoms with van der Waals surface area (Å²) in [7, 11) is 1.85. The summed E-state index contributed by atoms with van der Waals surface area (Å²) in [5.41, 5.74) is 0.0601. The van der Waals surface area contributed by atoms with Gasteiger partial charge in [-0.05, 0) is 24.3 Å². The van der Waals surface area contributed by atoms with Gasteiger partial charge in [0.1, 0.15) is 6.54 Å². The van der Waals surface area contributed by atoms with E-state index < -0.39 is 29.2 Å². The summed E-state index contributed by atoms with van der Waals surface area (Å²) in [4.78, 5) is 23.7. The van der Waals surface area contributed by atoms with E-state index in [0.717, 1.165) is 17.0 Å². The number of benzene rings is 1. The van der Waals surface area contributed by atoms with Crippen molar-refractivity contribution in [2.45, 2.75) is 0 Å². The van der Waals surface area contributed by atoms with Crippen LogP contribution in [-0.2, 0) is 4.79 Å². The first-order valence-electron chi connectivity index (χ1n) is 6.09. The molecular formula is C14H14NO6+. The third-order valence-electron chi connectivity index (χ3n) is 2.90. The maximum Gasteiger partial charge on any atom is 0.345 e. The molecule has 1 unspecified atom stereocenters. The highest BCUT2D eigenvalue weighted by molar-refractivity contribution is 5.93. The van der Waals surface area contributed by atoms with Gasteiger partial charge in [-0.1, -0.05) is 0 Å². The summed E-state index contributed by atoms with van der Waals surface area (Å²) in [6.07, 6.45) is 5.13. The van der Waals surface area contributed by atoms with Crippen LogP contribution in [0.4, 0.5) is 0 Å². The number of esters is 1. The topological polar surface area (TPSA) is 108 Å². The zero-order valence-electron chi connectivity index (χ0n) is 11.2. The Morgan fingerprint density at radius 1 is 1.24 bits per heavy atom. The summed E-state index contributed by atoms with van der Waals surface area (Å²) in [6.45, 7) is 0.407. The Balaban J connectivity index is 2.24. The number of aromatic carboxylic acids is 1. The van der Waals surface area contributed by atoms with Crippen molar-refractivity contribution in [2.75, 3.05) is 13.6 Å². The first-order valence-corrected chi connectivity index (χ1v) is 6.09. The Morgan fingerprint density at radius 2 is 1.86 bits per heavy atom. The molecule has 0 amide bonds. The second-order valence-electron chi connectivity index (χ2n) is 4.61. The molecule has 0 spiro atoms. The number of carboxylic acids is 1. The quantitative estimate of drug-likeness (QED) is 0.449. The van der Waals surface area contributed by atoms with Crippen LogP contribution in [0.1, 0.15) is 10.4 Å². The highest BCUT2D eigenvalue weighted by Crippen LogP contribution is 2.37. The molecule has 1 aromatic carbocycles. The van der Waals surface area contributed by atoms with Crippen LogP contribution in [0, 0.1) is 0 Å². The number of likely N-dealkylation sites (N-methyl/N-ethyl adjacent to an activating group) is 1. The van der Waals surface area contributed by atoms with Crippen LogP contribution < -0.4 is 9.64 Å². The fourth-order valence-corrected chi connectivity index (χ4v) is 1.87. The summed E-state index contributed by atoms with van der Waals surface area (Å²) in [6, 6.07) is 1.80. The molecule has 2 rings (SSSR count). The van der Waals surface area contributed by atoms with Crippen LogP contribution in [-0.4, -0.2) is 40.9 Å². The minimum atomic E-state index is -1.32. The van der Waals surface area contributed by atoms with E-state index in [9.17, 15) is 19.8 Å². The second kappa shape index (κ2) is 5.68. The van der Waals surface area contributed by atoms with E-state index in [4.69, 9.17) is 9.84 Å². The van der Waals surface area contributed by atoms with Gasteiger partial charge in [0.05, 0.1) is 24.4 Å². The predicted octanol–water partition coefficient (Wildman–Crippen LogP) is -0.330. The van der Waals surface area contributed by atoms with Crippen LogP contribution in [0.5, 0.6) is 17.2 Å². The summed E-state index contributed by atoms with van der Waals surface area (Å²) in [5, 5.41) is 28.2. The molecule has 1 heterocycles. The molecule has 1 aliphatic heterocycles. The molecule has 21 heavy (non-hydrogen) atoms. The predicted molar refractivity (Wildman–Crippen MR) is 71.3 cm³/mol. The number of carbonyl (C=O) groups excluding carboxylic acids is 1. The maximum absolute atomic E-state index is 12.0. The molecular weight excluding hydrogens is 278 g/mol. The van der Waals surface area contributed by atoms with Gasteiger partial charge in [-0.3, -0.25) is 0 Å². The number of phenolic OH excluding ortho intramolecular Hbond substituents is 2. The van der Waals surface area contributed by atoms with Crippen LogP contribution in [0.2, 0.25) is 0 Å². The minimum Gasteiger partial charge on any atom is -0.504 e. The van der Waals surface area contributed by atoms with Crippen LogP contribution in [0.25, 0.3) is 0 Å². The molecule has 1 aliphatic rings. The first-order chi connectivity index (χ1) is 9.88. The van der Waals surface area contributed by atoms with Crippen LogP contribution >= 0.6 is 0 Å². The lowest BCUT2D eigenvalue weighted by Crippen LogP contribution is -3.05. The van der Waals surface area contributed by atoms with Gasteiger partial charge in [0.15, 0.2) is 11.5 Å². The highest BCUT2D eigenvalue weighted by Gasteiger charge is 2.22. The Hall–Kier alpha value is -2.80. The number of hydrogen-bond acceptors (Lipinski definition) is 5. The zero-order valence-corrected chi connectivity index (χ0v) is 11.2. The fourth-order valence-electron chi connectivity index (χ4n) is 1.87. The van der Waals surface area contributed by atoms with Gasteiger partial charge in [-0.25, -0.2) is 9.59 Å². The molecule has 0 saturated heterocycles. The zero-order chi connectivity index (χ0) is 15.6. The van der Waals surface area contributed by atoms with Gasteiger partial charge in [-0.15, -0.1) is 0 Å². The van der Waals surface area contributed by atoms with E-state index in [0.29, 0.717) is 12.1 Å². The van der Waals surface area contributed by atoms with E-state index >= 15 is 0 Å². The molecule has 1 atom stereocenters. The molecule has 0 bridgehead atoms. The van der Waals surface area contributed by atoms with Gasteiger partial charge in [0, 0.05) is 0 Å². The Kier molecular flexibility index (Phi) is 3.95. The largest absolute Gasteiger partial charge is 0.504 e. The molecule has 0 saturated carbocycles. The lowest BCUT2D eigenvalue weighted by molar-refractivity contribution is -0.819. The summed E-state index contributed by atoms with van der Waals surface area (Å²) >= 11 is 0. The standard InChI is InChI=1S/C14H13NO6/c1-15-4-2-3-8(7-15)14(20)21-12-10(16)5-9(13(18)19)6-11(12)17/h2-6,16-17H,7H2,1H3,(H,18,19)/p+1. The first kappa shape index (κ1) is 14.6. The van der Waals surface area contributed by atoms with E-state index in [2.05, 4.69) is 0 Å². The summed E-state index contributed by atoms with van der Waals surface area (Å²) in [5.74, 6) is -3.73. The highest BCUT2D eigenvalue weighted by atomic mass is 16.5. The molecule has 4 N–H and O–H groups in total. The molecule has 0 radical (unpaired) electrons. The molecule has 0 aliphatic carbocycles.